The highest BCUT2D eigenvalue weighted by Gasteiger charge is 2.21. The number of pyridine rings is 1. The summed E-state index contributed by atoms with van der Waals surface area (Å²) in [6, 6.07) is 0. The van der Waals surface area contributed by atoms with Crippen molar-refractivity contribution in [3.05, 3.63) is 22.0 Å². The number of alkyl halides is 2. The number of ether oxygens (including phenoxy) is 2. The van der Waals surface area contributed by atoms with E-state index in [-0.39, 0.29) is 11.6 Å². The van der Waals surface area contributed by atoms with E-state index < -0.39 is 17.4 Å². The maximum absolute atomic E-state index is 12.4. The van der Waals surface area contributed by atoms with E-state index in [1.54, 1.807) is 0 Å². The molecule has 78 valence electrons. The van der Waals surface area contributed by atoms with Crippen LogP contribution >= 0.6 is 0 Å². The van der Waals surface area contributed by atoms with Crippen molar-refractivity contribution in [3.8, 4) is 11.6 Å². The highest BCUT2D eigenvalue weighted by molar-refractivity contribution is 5.34. The van der Waals surface area contributed by atoms with Gasteiger partial charge in [0.25, 0.3) is 6.43 Å². The molecule has 0 atom stereocenters. The average molecular weight is 205 g/mol. The normalized spacial score (nSPS) is 10.4. The Morgan fingerprint density at radius 2 is 2.00 bits per heavy atom. The molecule has 0 aromatic carbocycles. The van der Waals surface area contributed by atoms with Crippen LogP contribution in [0.4, 0.5) is 8.78 Å². The molecule has 1 aromatic rings. The van der Waals surface area contributed by atoms with E-state index in [1.807, 2.05) is 0 Å². The Morgan fingerprint density at radius 3 is 2.43 bits per heavy atom. The van der Waals surface area contributed by atoms with Crippen molar-refractivity contribution in [2.75, 3.05) is 14.2 Å². The van der Waals surface area contributed by atoms with Crippen LogP contribution in [0, 0.1) is 0 Å². The zero-order valence-electron chi connectivity index (χ0n) is 7.64. The summed E-state index contributed by atoms with van der Waals surface area (Å²) in [4.78, 5) is 13.7. The van der Waals surface area contributed by atoms with Crippen LogP contribution in [0.2, 0.25) is 0 Å². The van der Waals surface area contributed by atoms with E-state index in [0.29, 0.717) is 0 Å². The largest absolute Gasteiger partial charge is 0.491 e. The van der Waals surface area contributed by atoms with Crippen LogP contribution in [0.5, 0.6) is 11.6 Å². The lowest BCUT2D eigenvalue weighted by Crippen LogP contribution is -2.14. The molecule has 1 aromatic heterocycles. The van der Waals surface area contributed by atoms with E-state index in [0.717, 1.165) is 0 Å². The number of aromatic amines is 1. The fourth-order valence-electron chi connectivity index (χ4n) is 1.03. The Morgan fingerprint density at radius 1 is 1.36 bits per heavy atom. The van der Waals surface area contributed by atoms with Crippen molar-refractivity contribution in [2.24, 2.45) is 0 Å². The summed E-state index contributed by atoms with van der Waals surface area (Å²) >= 11 is 0. The van der Waals surface area contributed by atoms with Crippen LogP contribution in [-0.4, -0.2) is 19.2 Å². The van der Waals surface area contributed by atoms with Gasteiger partial charge in [-0.3, -0.25) is 4.79 Å². The molecule has 0 fully saturated rings. The zero-order valence-corrected chi connectivity index (χ0v) is 7.64. The van der Waals surface area contributed by atoms with E-state index in [4.69, 9.17) is 0 Å². The van der Waals surface area contributed by atoms with Gasteiger partial charge in [0, 0.05) is 0 Å². The van der Waals surface area contributed by atoms with Gasteiger partial charge in [-0.05, 0) is 0 Å². The highest BCUT2D eigenvalue weighted by atomic mass is 19.3. The highest BCUT2D eigenvalue weighted by Crippen LogP contribution is 2.24. The average Bonchev–Trinajstić information content (AvgIpc) is 2.16. The number of methoxy groups -OCH3 is 2. The van der Waals surface area contributed by atoms with Gasteiger partial charge < -0.3 is 14.5 Å². The summed E-state index contributed by atoms with van der Waals surface area (Å²) in [6.07, 6.45) is -1.73. The molecular weight excluding hydrogens is 196 g/mol. The van der Waals surface area contributed by atoms with Gasteiger partial charge in [0.2, 0.25) is 11.3 Å². The first kappa shape index (κ1) is 10.5. The van der Waals surface area contributed by atoms with Crippen LogP contribution in [0.1, 0.15) is 12.0 Å². The van der Waals surface area contributed by atoms with Crippen LogP contribution in [-0.2, 0) is 0 Å². The third-order valence-corrected chi connectivity index (χ3v) is 1.69. The predicted octanol–water partition coefficient (Wildman–Crippen LogP) is 1.33. The Bertz CT molecular complexity index is 375. The quantitative estimate of drug-likeness (QED) is 0.809. The molecule has 0 aliphatic carbocycles. The summed E-state index contributed by atoms with van der Waals surface area (Å²) in [5.74, 6) is -0.410. The number of hydrogen-bond acceptors (Lipinski definition) is 3. The van der Waals surface area contributed by atoms with E-state index in [1.165, 1.54) is 20.4 Å². The maximum atomic E-state index is 12.4. The van der Waals surface area contributed by atoms with Gasteiger partial charge in [-0.1, -0.05) is 0 Å². The molecule has 0 amide bonds. The van der Waals surface area contributed by atoms with Crippen LogP contribution in [0.3, 0.4) is 0 Å². The molecule has 1 heterocycles. The number of rotatable bonds is 3. The van der Waals surface area contributed by atoms with Crippen LogP contribution in [0.25, 0.3) is 0 Å². The third-order valence-electron chi connectivity index (χ3n) is 1.69. The van der Waals surface area contributed by atoms with Gasteiger partial charge in [0.1, 0.15) is 5.56 Å². The van der Waals surface area contributed by atoms with Crippen molar-refractivity contribution >= 4 is 0 Å². The van der Waals surface area contributed by atoms with Crippen molar-refractivity contribution in [1.29, 1.82) is 0 Å². The van der Waals surface area contributed by atoms with Crippen molar-refractivity contribution in [2.45, 2.75) is 6.43 Å². The second-order valence-electron chi connectivity index (χ2n) is 2.43. The first-order chi connectivity index (χ1) is 6.61. The SMILES string of the molecule is COc1[nH]cc(OC)c(=O)c1C(F)F. The molecule has 14 heavy (non-hydrogen) atoms. The molecule has 0 saturated heterocycles. The Kier molecular flexibility index (Phi) is 3.06. The topological polar surface area (TPSA) is 51.3 Å². The molecule has 0 saturated carbocycles. The lowest BCUT2D eigenvalue weighted by molar-refractivity contribution is 0.144. The monoisotopic (exact) mass is 205 g/mol. The van der Waals surface area contributed by atoms with Crippen molar-refractivity contribution in [1.82, 2.24) is 4.98 Å². The Labute approximate surface area is 78.5 Å². The molecule has 0 spiro atoms. The second-order valence-corrected chi connectivity index (χ2v) is 2.43. The summed E-state index contributed by atoms with van der Waals surface area (Å²) in [7, 11) is 2.43. The molecule has 0 aliphatic heterocycles. The van der Waals surface area contributed by atoms with E-state index >= 15 is 0 Å². The summed E-state index contributed by atoms with van der Waals surface area (Å²) < 4.78 is 34.1. The number of aromatic nitrogens is 1. The Balaban J connectivity index is 3.39. The molecular formula is C8H9F2NO3. The number of H-pyrrole nitrogens is 1. The van der Waals surface area contributed by atoms with Gasteiger partial charge >= 0.3 is 0 Å². The molecule has 6 heteroatoms. The smallest absolute Gasteiger partial charge is 0.272 e. The molecule has 4 nitrogen and oxygen atoms in total. The molecule has 1 N–H and O–H groups in total. The first-order valence-electron chi connectivity index (χ1n) is 3.73. The van der Waals surface area contributed by atoms with Gasteiger partial charge in [0.05, 0.1) is 20.4 Å². The number of nitrogens with one attached hydrogen (secondary N) is 1. The number of hydrogen-bond donors (Lipinski definition) is 1. The van der Waals surface area contributed by atoms with Crippen LogP contribution in [0.15, 0.2) is 11.0 Å². The minimum atomic E-state index is -2.90. The fraction of sp³-hybridized carbons (Fsp3) is 0.375. The lowest BCUT2D eigenvalue weighted by atomic mass is 10.2. The van der Waals surface area contributed by atoms with Gasteiger partial charge in [-0.25, -0.2) is 8.78 Å². The van der Waals surface area contributed by atoms with E-state index in [9.17, 15) is 13.6 Å². The molecule has 0 unspecified atom stereocenters. The fourth-order valence-corrected chi connectivity index (χ4v) is 1.03. The maximum Gasteiger partial charge on any atom is 0.272 e. The Hall–Kier alpha value is -1.59. The van der Waals surface area contributed by atoms with Crippen molar-refractivity contribution < 1.29 is 18.3 Å². The summed E-state index contributed by atoms with van der Waals surface area (Å²) in [6.45, 7) is 0. The standard InChI is InChI=1S/C8H9F2NO3/c1-13-4-3-11-8(14-2)5(6(4)12)7(9)10/h3,7H,1-2H3,(H,11,12). The minimum Gasteiger partial charge on any atom is -0.491 e. The molecule has 0 bridgehead atoms. The third kappa shape index (κ3) is 1.68. The van der Waals surface area contributed by atoms with Gasteiger partial charge in [-0.15, -0.1) is 0 Å². The van der Waals surface area contributed by atoms with Crippen molar-refractivity contribution in [3.63, 3.8) is 0 Å². The summed E-state index contributed by atoms with van der Waals surface area (Å²) in [5, 5.41) is 0. The van der Waals surface area contributed by atoms with E-state index in [2.05, 4.69) is 14.5 Å². The molecule has 0 aliphatic rings. The van der Waals surface area contributed by atoms with Gasteiger partial charge in [0.15, 0.2) is 5.75 Å². The first-order valence-corrected chi connectivity index (χ1v) is 3.73. The van der Waals surface area contributed by atoms with Gasteiger partial charge in [-0.2, -0.15) is 0 Å². The molecule has 0 radical (unpaired) electrons. The second kappa shape index (κ2) is 4.08. The predicted molar refractivity (Wildman–Crippen MR) is 45.1 cm³/mol. The summed E-state index contributed by atoms with van der Waals surface area (Å²) in [5.41, 5.74) is -1.58. The van der Waals surface area contributed by atoms with Crippen LogP contribution < -0.4 is 14.9 Å². The lowest BCUT2D eigenvalue weighted by Gasteiger charge is -2.07. The zero-order chi connectivity index (χ0) is 10.7. The molecule has 1 rings (SSSR count). The minimum absolute atomic E-state index is 0.166. The number of halogens is 2.